The van der Waals surface area contributed by atoms with Crippen LogP contribution in [0.1, 0.15) is 59.3 Å². The molecule has 0 bridgehead atoms. The average molecular weight is 320 g/mol. The quantitative estimate of drug-likeness (QED) is 0.563. The molecule has 1 aromatic carbocycles. The number of nitrogens with one attached hydrogen (secondary N) is 2. The number of rotatable bonds is 12. The molecule has 0 aromatic heterocycles. The van der Waals surface area contributed by atoms with Crippen LogP contribution in [0.25, 0.3) is 0 Å². The summed E-state index contributed by atoms with van der Waals surface area (Å²) in [6.07, 6.45) is 7.15. The number of unbranched alkanes of at least 4 members (excludes halogenated alkanes) is 4. The van der Waals surface area contributed by atoms with Gasteiger partial charge >= 0.3 is 0 Å². The second-order valence-corrected chi connectivity index (χ2v) is 6.02. The van der Waals surface area contributed by atoms with E-state index in [1.54, 1.807) is 0 Å². The summed E-state index contributed by atoms with van der Waals surface area (Å²) in [5, 5.41) is 6.06. The van der Waals surface area contributed by atoms with E-state index in [9.17, 15) is 4.79 Å². The lowest BCUT2D eigenvalue weighted by Crippen LogP contribution is -2.36. The van der Waals surface area contributed by atoms with Gasteiger partial charge in [0.1, 0.15) is 5.75 Å². The van der Waals surface area contributed by atoms with Gasteiger partial charge in [-0.1, -0.05) is 39.5 Å². The fraction of sp³-hybridized carbons (Fsp3) is 0.632. The summed E-state index contributed by atoms with van der Waals surface area (Å²) in [5.41, 5.74) is 0.930. The summed E-state index contributed by atoms with van der Waals surface area (Å²) in [7, 11) is 0. The van der Waals surface area contributed by atoms with Crippen molar-refractivity contribution >= 4 is 11.6 Å². The Bertz CT molecular complexity index is 432. The highest BCUT2D eigenvalue weighted by molar-refractivity contribution is 5.80. The van der Waals surface area contributed by atoms with Crippen LogP contribution in [0, 0.1) is 0 Å². The highest BCUT2D eigenvalue weighted by atomic mass is 16.5. The maximum absolute atomic E-state index is 11.7. The Morgan fingerprint density at radius 3 is 2.43 bits per heavy atom. The van der Waals surface area contributed by atoms with Crippen LogP contribution in [0.3, 0.4) is 0 Å². The Morgan fingerprint density at radius 2 is 1.78 bits per heavy atom. The minimum Gasteiger partial charge on any atom is -0.494 e. The molecule has 1 rings (SSSR count). The molecule has 0 fully saturated rings. The van der Waals surface area contributed by atoms with Gasteiger partial charge in [-0.15, -0.1) is 0 Å². The summed E-state index contributed by atoms with van der Waals surface area (Å²) in [5.74, 6) is 0.904. The molecule has 0 aliphatic carbocycles. The van der Waals surface area contributed by atoms with E-state index in [-0.39, 0.29) is 11.9 Å². The Labute approximate surface area is 141 Å². The van der Waals surface area contributed by atoms with Crippen LogP contribution in [-0.4, -0.2) is 25.1 Å². The third-order valence-electron chi connectivity index (χ3n) is 3.84. The molecule has 0 aliphatic heterocycles. The molecule has 4 heteroatoms. The predicted octanol–water partition coefficient (Wildman–Crippen LogP) is 4.36. The van der Waals surface area contributed by atoms with Crippen molar-refractivity contribution in [2.24, 2.45) is 0 Å². The number of amides is 1. The number of ether oxygens (including phenoxy) is 1. The van der Waals surface area contributed by atoms with E-state index in [2.05, 4.69) is 24.5 Å². The molecule has 23 heavy (non-hydrogen) atoms. The molecular weight excluding hydrogens is 288 g/mol. The summed E-state index contributed by atoms with van der Waals surface area (Å²) >= 11 is 0. The lowest BCUT2D eigenvalue weighted by molar-refractivity contribution is -0.120. The maximum atomic E-state index is 11.7. The number of hydrogen-bond acceptors (Lipinski definition) is 3. The summed E-state index contributed by atoms with van der Waals surface area (Å²) in [6.45, 7) is 7.35. The minimum atomic E-state index is 0.0201. The number of benzene rings is 1. The Kier molecular flexibility index (Phi) is 9.92. The van der Waals surface area contributed by atoms with Crippen LogP contribution in [0.4, 0.5) is 5.69 Å². The van der Waals surface area contributed by atoms with Crippen LogP contribution in [0.2, 0.25) is 0 Å². The third kappa shape index (κ3) is 9.11. The Morgan fingerprint density at radius 1 is 1.09 bits per heavy atom. The molecule has 0 spiro atoms. The third-order valence-corrected chi connectivity index (χ3v) is 3.84. The van der Waals surface area contributed by atoms with Gasteiger partial charge < -0.3 is 15.4 Å². The van der Waals surface area contributed by atoms with Crippen LogP contribution >= 0.6 is 0 Å². The molecule has 1 aromatic rings. The number of carbonyl (C=O) groups is 1. The van der Waals surface area contributed by atoms with Gasteiger partial charge in [0.05, 0.1) is 13.2 Å². The van der Waals surface area contributed by atoms with Crippen molar-refractivity contribution in [1.29, 1.82) is 0 Å². The van der Waals surface area contributed by atoms with Crippen molar-refractivity contribution < 1.29 is 9.53 Å². The van der Waals surface area contributed by atoms with Crippen LogP contribution in [0.5, 0.6) is 5.75 Å². The van der Waals surface area contributed by atoms with Gasteiger partial charge in [0, 0.05) is 11.7 Å². The van der Waals surface area contributed by atoms with E-state index < -0.39 is 0 Å². The molecule has 0 aliphatic rings. The zero-order chi connectivity index (χ0) is 16.9. The van der Waals surface area contributed by atoms with Crippen molar-refractivity contribution in [1.82, 2.24) is 5.32 Å². The molecule has 2 N–H and O–H groups in total. The first-order chi connectivity index (χ1) is 11.2. The fourth-order valence-corrected chi connectivity index (χ4v) is 2.17. The summed E-state index contributed by atoms with van der Waals surface area (Å²) in [6, 6.07) is 8.01. The standard InChI is InChI=1S/C19H32N2O2/c1-4-6-7-8-9-14-23-18-12-10-17(11-13-18)20-15-19(22)21-16(3)5-2/h10-13,16,20H,4-9,14-15H2,1-3H3,(H,21,22). The van der Waals surface area contributed by atoms with Gasteiger partial charge in [0.15, 0.2) is 0 Å². The van der Waals surface area contributed by atoms with Crippen LogP contribution in [-0.2, 0) is 4.79 Å². The SMILES string of the molecule is CCCCCCCOc1ccc(NCC(=O)NC(C)CC)cc1. The van der Waals surface area contributed by atoms with Crippen molar-refractivity contribution in [2.45, 2.75) is 65.3 Å². The lowest BCUT2D eigenvalue weighted by atomic mass is 10.2. The van der Waals surface area contributed by atoms with Crippen LogP contribution < -0.4 is 15.4 Å². The molecule has 0 radical (unpaired) electrons. The highest BCUT2D eigenvalue weighted by Crippen LogP contribution is 2.16. The molecule has 4 nitrogen and oxygen atoms in total. The second-order valence-electron chi connectivity index (χ2n) is 6.02. The minimum absolute atomic E-state index is 0.0201. The second kappa shape index (κ2) is 11.8. The highest BCUT2D eigenvalue weighted by Gasteiger charge is 2.05. The van der Waals surface area contributed by atoms with E-state index in [4.69, 9.17) is 4.74 Å². The van der Waals surface area contributed by atoms with E-state index in [0.717, 1.165) is 30.9 Å². The first kappa shape index (κ1) is 19.3. The average Bonchev–Trinajstić information content (AvgIpc) is 2.57. The van der Waals surface area contributed by atoms with Gasteiger partial charge in [0.25, 0.3) is 0 Å². The van der Waals surface area contributed by atoms with Crippen molar-refractivity contribution in [3.8, 4) is 5.75 Å². The topological polar surface area (TPSA) is 50.4 Å². The fourth-order valence-electron chi connectivity index (χ4n) is 2.17. The molecule has 130 valence electrons. The van der Waals surface area contributed by atoms with Gasteiger partial charge in [-0.05, 0) is 44.0 Å². The molecule has 0 saturated carbocycles. The predicted molar refractivity (Wildman–Crippen MR) is 97.1 cm³/mol. The van der Waals surface area contributed by atoms with Gasteiger partial charge in [0.2, 0.25) is 5.91 Å². The smallest absolute Gasteiger partial charge is 0.239 e. The number of hydrogen-bond donors (Lipinski definition) is 2. The van der Waals surface area contributed by atoms with Crippen molar-refractivity contribution in [2.75, 3.05) is 18.5 Å². The zero-order valence-corrected chi connectivity index (χ0v) is 14.9. The van der Waals surface area contributed by atoms with E-state index in [0.29, 0.717) is 6.54 Å². The van der Waals surface area contributed by atoms with E-state index in [1.807, 2.05) is 31.2 Å². The first-order valence-electron chi connectivity index (χ1n) is 8.91. The first-order valence-corrected chi connectivity index (χ1v) is 8.91. The van der Waals surface area contributed by atoms with E-state index in [1.165, 1.54) is 25.7 Å². The molecule has 1 amide bonds. The van der Waals surface area contributed by atoms with Gasteiger partial charge in [-0.2, -0.15) is 0 Å². The Hall–Kier alpha value is -1.71. The Balaban J connectivity index is 2.21. The normalized spacial score (nSPS) is 11.8. The zero-order valence-electron chi connectivity index (χ0n) is 14.9. The summed E-state index contributed by atoms with van der Waals surface area (Å²) < 4.78 is 5.73. The van der Waals surface area contributed by atoms with Gasteiger partial charge in [-0.3, -0.25) is 4.79 Å². The molecule has 0 saturated heterocycles. The molecule has 1 atom stereocenters. The number of anilines is 1. The maximum Gasteiger partial charge on any atom is 0.239 e. The van der Waals surface area contributed by atoms with E-state index >= 15 is 0 Å². The molecular formula is C19H32N2O2. The molecule has 0 heterocycles. The molecule has 1 unspecified atom stereocenters. The van der Waals surface area contributed by atoms with Gasteiger partial charge in [-0.25, -0.2) is 0 Å². The summed E-state index contributed by atoms with van der Waals surface area (Å²) in [4.78, 5) is 11.7. The lowest BCUT2D eigenvalue weighted by Gasteiger charge is -2.12. The monoisotopic (exact) mass is 320 g/mol. The van der Waals surface area contributed by atoms with Crippen molar-refractivity contribution in [3.63, 3.8) is 0 Å². The van der Waals surface area contributed by atoms with Crippen molar-refractivity contribution in [3.05, 3.63) is 24.3 Å². The largest absolute Gasteiger partial charge is 0.494 e. The number of carbonyl (C=O) groups excluding carboxylic acids is 1. The van der Waals surface area contributed by atoms with Crippen LogP contribution in [0.15, 0.2) is 24.3 Å².